The van der Waals surface area contributed by atoms with E-state index >= 15 is 0 Å². The molecule has 3 N–H and O–H groups in total. The molecule has 0 aliphatic carbocycles. The fourth-order valence-electron chi connectivity index (χ4n) is 2.80. The molecule has 1 heterocycles. The number of anilines is 1. The van der Waals surface area contributed by atoms with Crippen LogP contribution in [0.4, 0.5) is 10.5 Å². The van der Waals surface area contributed by atoms with Crippen LogP contribution in [0.3, 0.4) is 0 Å². The summed E-state index contributed by atoms with van der Waals surface area (Å²) < 4.78 is 5.03. The molecule has 0 unspecified atom stereocenters. The summed E-state index contributed by atoms with van der Waals surface area (Å²) >= 11 is 12.2. The Kier molecular flexibility index (Phi) is 7.01. The normalized spacial score (nSPS) is 14.5. The van der Waals surface area contributed by atoms with Gasteiger partial charge in [0.05, 0.1) is 10.0 Å². The van der Waals surface area contributed by atoms with Crippen molar-refractivity contribution in [3.05, 3.63) is 63.3 Å². The third-order valence-electron chi connectivity index (χ3n) is 4.27. The number of carbonyl (C=O) groups is 4. The summed E-state index contributed by atoms with van der Waals surface area (Å²) in [5.41, 5.74) is 1.84. The molecule has 0 bridgehead atoms. The fraction of sp³-hybridized carbons (Fsp3) is 0.143. The first kappa shape index (κ1) is 23.1. The molecule has 11 heteroatoms. The van der Waals surface area contributed by atoms with E-state index < -0.39 is 37.0 Å². The number of carbonyl (C=O) groups excluding carboxylic acids is 3. The standard InChI is InChI=1S/C21H17Cl2N3O6/c1-11-2-4-13(5-3-11)24-17(27)9-26-20(30)16(25-21(26)31)8-12-6-14(22)19(15(23)7-12)32-10-18(28)29/h2-8H,9-10H2,1H3,(H,24,27)(H,25,31)(H,28,29). The summed E-state index contributed by atoms with van der Waals surface area (Å²) in [5.74, 6) is -2.46. The predicted molar refractivity (Wildman–Crippen MR) is 118 cm³/mol. The highest BCUT2D eigenvalue weighted by Gasteiger charge is 2.35. The van der Waals surface area contributed by atoms with Crippen LogP contribution in [0.25, 0.3) is 6.08 Å². The van der Waals surface area contributed by atoms with E-state index in [-0.39, 0.29) is 21.5 Å². The van der Waals surface area contributed by atoms with Crippen LogP contribution in [0, 0.1) is 6.92 Å². The van der Waals surface area contributed by atoms with Crippen molar-refractivity contribution in [3.8, 4) is 5.75 Å². The smallest absolute Gasteiger partial charge is 0.341 e. The summed E-state index contributed by atoms with van der Waals surface area (Å²) in [5, 5.41) is 13.8. The van der Waals surface area contributed by atoms with Crippen LogP contribution >= 0.6 is 23.2 Å². The number of aryl methyl sites for hydroxylation is 1. The van der Waals surface area contributed by atoms with Crippen LogP contribution in [0.2, 0.25) is 10.0 Å². The quantitative estimate of drug-likeness (QED) is 0.414. The van der Waals surface area contributed by atoms with Gasteiger partial charge in [-0.05, 0) is 42.8 Å². The molecular weight excluding hydrogens is 461 g/mol. The van der Waals surface area contributed by atoms with Crippen molar-refractivity contribution in [3.63, 3.8) is 0 Å². The first-order chi connectivity index (χ1) is 15.1. The van der Waals surface area contributed by atoms with Gasteiger partial charge in [0.2, 0.25) is 5.91 Å². The van der Waals surface area contributed by atoms with Crippen LogP contribution in [-0.4, -0.2) is 47.0 Å². The Balaban J connectivity index is 1.71. The van der Waals surface area contributed by atoms with E-state index in [4.69, 9.17) is 33.0 Å². The number of benzene rings is 2. The van der Waals surface area contributed by atoms with Gasteiger partial charge in [0.25, 0.3) is 5.91 Å². The fourth-order valence-corrected chi connectivity index (χ4v) is 3.41. The minimum Gasteiger partial charge on any atom is -0.479 e. The summed E-state index contributed by atoms with van der Waals surface area (Å²) in [7, 11) is 0. The number of nitrogens with one attached hydrogen (secondary N) is 2. The Morgan fingerprint density at radius 1 is 1.16 bits per heavy atom. The van der Waals surface area contributed by atoms with Gasteiger partial charge in [0.1, 0.15) is 12.2 Å². The Morgan fingerprint density at radius 3 is 2.38 bits per heavy atom. The zero-order valence-electron chi connectivity index (χ0n) is 16.6. The number of halogens is 2. The van der Waals surface area contributed by atoms with E-state index in [0.717, 1.165) is 10.5 Å². The number of aliphatic carboxylic acids is 1. The number of hydrogen-bond acceptors (Lipinski definition) is 5. The molecular formula is C21H17Cl2N3O6. The highest BCUT2D eigenvalue weighted by atomic mass is 35.5. The highest BCUT2D eigenvalue weighted by molar-refractivity contribution is 6.37. The van der Waals surface area contributed by atoms with Crippen molar-refractivity contribution in [1.29, 1.82) is 0 Å². The van der Waals surface area contributed by atoms with Crippen LogP contribution in [0.5, 0.6) is 5.75 Å². The van der Waals surface area contributed by atoms with Gasteiger partial charge in [-0.15, -0.1) is 0 Å². The van der Waals surface area contributed by atoms with Crippen molar-refractivity contribution < 1.29 is 29.0 Å². The summed E-state index contributed by atoms with van der Waals surface area (Å²) in [6.07, 6.45) is 1.33. The predicted octanol–water partition coefficient (Wildman–Crippen LogP) is 3.30. The first-order valence-electron chi connectivity index (χ1n) is 9.18. The summed E-state index contributed by atoms with van der Waals surface area (Å²) in [4.78, 5) is 48.5. The Labute approximate surface area is 192 Å². The van der Waals surface area contributed by atoms with Crippen LogP contribution in [0.1, 0.15) is 11.1 Å². The van der Waals surface area contributed by atoms with Gasteiger partial charge in [-0.25, -0.2) is 14.5 Å². The topological polar surface area (TPSA) is 125 Å². The van der Waals surface area contributed by atoms with E-state index in [2.05, 4.69) is 10.6 Å². The lowest BCUT2D eigenvalue weighted by Crippen LogP contribution is -2.38. The molecule has 0 aromatic heterocycles. The Bertz CT molecular complexity index is 1110. The molecule has 4 amide bonds. The second-order valence-electron chi connectivity index (χ2n) is 6.79. The van der Waals surface area contributed by atoms with Crippen molar-refractivity contribution in [2.75, 3.05) is 18.5 Å². The van der Waals surface area contributed by atoms with Crippen molar-refractivity contribution in [1.82, 2.24) is 10.2 Å². The average Bonchev–Trinajstić information content (AvgIpc) is 2.96. The molecule has 1 aliphatic heterocycles. The first-order valence-corrected chi connectivity index (χ1v) is 9.94. The van der Waals surface area contributed by atoms with Crippen LogP contribution < -0.4 is 15.4 Å². The lowest BCUT2D eigenvalue weighted by molar-refractivity contribution is -0.139. The number of imide groups is 1. The summed E-state index contributed by atoms with van der Waals surface area (Å²) in [6, 6.07) is 9.09. The van der Waals surface area contributed by atoms with E-state index in [1.54, 1.807) is 12.1 Å². The van der Waals surface area contributed by atoms with E-state index in [9.17, 15) is 19.2 Å². The Morgan fingerprint density at radius 2 is 1.78 bits per heavy atom. The van der Waals surface area contributed by atoms with Crippen molar-refractivity contribution in [2.24, 2.45) is 0 Å². The molecule has 2 aromatic rings. The molecule has 9 nitrogen and oxygen atoms in total. The number of ether oxygens (including phenoxy) is 1. The number of carboxylic acid groups (broad SMARTS) is 1. The molecule has 3 rings (SSSR count). The second kappa shape index (κ2) is 9.71. The van der Waals surface area contributed by atoms with Gasteiger partial charge in [-0.1, -0.05) is 40.9 Å². The van der Waals surface area contributed by atoms with Crippen LogP contribution in [0.15, 0.2) is 42.1 Å². The van der Waals surface area contributed by atoms with Gasteiger partial charge in [0, 0.05) is 5.69 Å². The second-order valence-corrected chi connectivity index (χ2v) is 7.60. The number of nitrogens with zero attached hydrogens (tertiary/aromatic N) is 1. The lowest BCUT2D eigenvalue weighted by Gasteiger charge is -2.12. The third kappa shape index (κ3) is 5.57. The number of hydrogen-bond donors (Lipinski definition) is 3. The van der Waals surface area contributed by atoms with E-state index in [0.29, 0.717) is 11.3 Å². The molecule has 1 fully saturated rings. The molecule has 166 valence electrons. The number of carboxylic acids is 1. The maximum atomic E-state index is 12.6. The molecule has 32 heavy (non-hydrogen) atoms. The largest absolute Gasteiger partial charge is 0.479 e. The zero-order valence-corrected chi connectivity index (χ0v) is 18.2. The maximum absolute atomic E-state index is 12.6. The highest BCUT2D eigenvalue weighted by Crippen LogP contribution is 2.35. The Hall–Kier alpha value is -3.56. The van der Waals surface area contributed by atoms with Crippen molar-refractivity contribution in [2.45, 2.75) is 6.92 Å². The lowest BCUT2D eigenvalue weighted by atomic mass is 10.1. The van der Waals surface area contributed by atoms with Crippen LogP contribution in [-0.2, 0) is 14.4 Å². The maximum Gasteiger partial charge on any atom is 0.341 e. The average molecular weight is 478 g/mol. The monoisotopic (exact) mass is 477 g/mol. The minimum atomic E-state index is -1.20. The molecule has 2 aromatic carbocycles. The van der Waals surface area contributed by atoms with Gasteiger partial charge < -0.3 is 20.5 Å². The number of rotatable bonds is 7. The number of urea groups is 1. The molecule has 1 aliphatic rings. The van der Waals surface area contributed by atoms with Gasteiger partial charge in [-0.3, -0.25) is 9.59 Å². The third-order valence-corrected chi connectivity index (χ3v) is 4.83. The van der Waals surface area contributed by atoms with Crippen molar-refractivity contribution >= 4 is 58.8 Å². The van der Waals surface area contributed by atoms with E-state index in [1.807, 2.05) is 19.1 Å². The van der Waals surface area contributed by atoms with E-state index in [1.165, 1.54) is 18.2 Å². The molecule has 0 radical (unpaired) electrons. The molecule has 1 saturated heterocycles. The summed E-state index contributed by atoms with van der Waals surface area (Å²) in [6.45, 7) is 0.803. The number of amides is 4. The minimum absolute atomic E-state index is 0.0194. The van der Waals surface area contributed by atoms with Gasteiger partial charge in [0.15, 0.2) is 12.4 Å². The van der Waals surface area contributed by atoms with Gasteiger partial charge >= 0.3 is 12.0 Å². The zero-order chi connectivity index (χ0) is 23.4. The molecule has 0 atom stereocenters. The SMILES string of the molecule is Cc1ccc(NC(=O)CN2C(=O)NC(=Cc3cc(Cl)c(OCC(=O)O)c(Cl)c3)C2=O)cc1. The molecule has 0 saturated carbocycles. The molecule has 0 spiro atoms. The van der Waals surface area contributed by atoms with Gasteiger partial charge in [-0.2, -0.15) is 0 Å².